The number of ketones is 1. The lowest BCUT2D eigenvalue weighted by atomic mass is 9.45. The van der Waals surface area contributed by atoms with Crippen LogP contribution in [0.2, 0.25) is 0 Å². The molecule has 4 unspecified atom stereocenters. The van der Waals surface area contributed by atoms with Gasteiger partial charge in [0.1, 0.15) is 0 Å². The summed E-state index contributed by atoms with van der Waals surface area (Å²) in [6.45, 7) is 1.14. The fourth-order valence-electron chi connectivity index (χ4n) is 9.56. The van der Waals surface area contributed by atoms with Crippen LogP contribution in [0.3, 0.4) is 0 Å². The Morgan fingerprint density at radius 2 is 1.44 bits per heavy atom. The molecule has 0 aliphatic heterocycles. The van der Waals surface area contributed by atoms with E-state index in [4.69, 9.17) is 11.1 Å². The molecule has 0 aromatic rings. The first-order valence-electron chi connectivity index (χ1n) is 15.6. The lowest BCUT2D eigenvalue weighted by Gasteiger charge is -2.59. The van der Waals surface area contributed by atoms with Crippen molar-refractivity contribution in [3.63, 3.8) is 0 Å². The summed E-state index contributed by atoms with van der Waals surface area (Å²) in [6.07, 6.45) is 8.26. The predicted octanol–water partition coefficient (Wildman–Crippen LogP) is 8.79. The van der Waals surface area contributed by atoms with Crippen LogP contribution in [0.5, 0.6) is 0 Å². The van der Waals surface area contributed by atoms with Gasteiger partial charge in [0.2, 0.25) is 0 Å². The number of rotatable bonds is 16. The molecule has 238 valence electrons. The maximum atomic E-state index is 14.0. The minimum absolute atomic E-state index is 0.0132. The molecule has 8 atom stereocenters. The number of nitrogens with zero attached hydrogens (tertiary/aromatic N) is 16. The van der Waals surface area contributed by atoms with Crippen LogP contribution in [0, 0.1) is 51.2 Å². The second kappa shape index (κ2) is 15.5. The van der Waals surface area contributed by atoms with Gasteiger partial charge in [0, 0.05) is 68.6 Å². The Kier molecular flexibility index (Phi) is 11.5. The van der Waals surface area contributed by atoms with Crippen LogP contribution in [0.4, 0.5) is 0 Å². The van der Waals surface area contributed by atoms with Gasteiger partial charge in [0.05, 0.1) is 6.04 Å². The Bertz CT molecular complexity index is 1380. The van der Waals surface area contributed by atoms with Crippen molar-refractivity contribution in [2.45, 2.75) is 70.3 Å². The number of nitroso groups, excluding NO2 is 1. The van der Waals surface area contributed by atoms with Crippen molar-refractivity contribution in [1.82, 2.24) is 0 Å². The van der Waals surface area contributed by atoms with Gasteiger partial charge in [0.15, 0.2) is 5.78 Å². The number of fused-ring (bicyclic) bond motifs is 5. The summed E-state index contributed by atoms with van der Waals surface area (Å²) >= 11 is 0. The molecular formula is C27H38N16O2. The van der Waals surface area contributed by atoms with E-state index in [-0.39, 0.29) is 74.0 Å². The van der Waals surface area contributed by atoms with E-state index in [1.165, 1.54) is 0 Å². The molecule has 0 spiro atoms. The molecule has 18 nitrogen and oxygen atoms in total. The van der Waals surface area contributed by atoms with E-state index >= 15 is 0 Å². The number of carbonyl (C=O) groups excluding carboxylic acids is 1. The maximum absolute atomic E-state index is 14.0. The zero-order valence-corrected chi connectivity index (χ0v) is 25.2. The molecule has 45 heavy (non-hydrogen) atoms. The van der Waals surface area contributed by atoms with Gasteiger partial charge in [-0.25, -0.2) is 0 Å². The van der Waals surface area contributed by atoms with Crippen molar-refractivity contribution in [2.75, 3.05) is 32.7 Å². The van der Waals surface area contributed by atoms with Gasteiger partial charge in [0.25, 0.3) is 0 Å². The van der Waals surface area contributed by atoms with Gasteiger partial charge in [-0.2, -0.15) is 4.91 Å². The van der Waals surface area contributed by atoms with Crippen LogP contribution in [0.1, 0.15) is 64.2 Å². The van der Waals surface area contributed by atoms with Gasteiger partial charge in [-0.05, 0) is 114 Å². The smallest absolute Gasteiger partial charge is 0.159 e. The van der Waals surface area contributed by atoms with Gasteiger partial charge < -0.3 is 0 Å². The highest BCUT2D eigenvalue weighted by Crippen LogP contribution is 2.67. The molecule has 4 aliphatic carbocycles. The normalized spacial score (nSPS) is 32.6. The van der Waals surface area contributed by atoms with E-state index in [1.54, 1.807) is 6.08 Å². The Balaban J connectivity index is 1.66. The average Bonchev–Trinajstić information content (AvgIpc) is 3.44. The Morgan fingerprint density at radius 1 is 0.778 bits per heavy atom. The number of hydrogen-bond donors (Lipinski definition) is 0. The SMILES string of the molecule is [N-]=[N+]=NCC(CCCC(CN=[N+]=[N-])C1CCC2[C@@H]3C(=O)C=C4C[C@@H](N=O)CC[C@]4(CN=[N+]=[N-])C3CC[C@]12CN=[N+]=[N-])CN=[N+]=[N-]. The molecule has 18 heteroatoms. The molecule has 4 aliphatic rings. The monoisotopic (exact) mass is 618 g/mol. The fourth-order valence-corrected chi connectivity index (χ4v) is 9.56. The molecule has 0 saturated heterocycles. The molecule has 0 radical (unpaired) electrons. The van der Waals surface area contributed by atoms with Crippen LogP contribution in [0.15, 0.2) is 42.4 Å². The van der Waals surface area contributed by atoms with Crippen molar-refractivity contribution in [1.29, 1.82) is 0 Å². The third kappa shape index (κ3) is 6.81. The van der Waals surface area contributed by atoms with E-state index in [0.29, 0.717) is 44.9 Å². The van der Waals surface area contributed by atoms with Crippen LogP contribution in [0.25, 0.3) is 52.2 Å². The first-order valence-corrected chi connectivity index (χ1v) is 15.6. The third-order valence-corrected chi connectivity index (χ3v) is 11.4. The third-order valence-electron chi connectivity index (χ3n) is 11.4. The highest BCUT2D eigenvalue weighted by Gasteiger charge is 2.63. The molecule has 0 aromatic carbocycles. The summed E-state index contributed by atoms with van der Waals surface area (Å²) in [4.78, 5) is 40.3. The summed E-state index contributed by atoms with van der Waals surface area (Å²) in [5, 5.41) is 22.6. The zero-order valence-electron chi connectivity index (χ0n) is 25.2. The molecule has 3 fully saturated rings. The Labute approximate surface area is 259 Å². The van der Waals surface area contributed by atoms with Crippen molar-refractivity contribution >= 4 is 5.78 Å². The molecule has 4 rings (SSSR count). The lowest BCUT2D eigenvalue weighted by Crippen LogP contribution is -2.57. The van der Waals surface area contributed by atoms with Crippen molar-refractivity contribution in [3.05, 3.63) is 68.8 Å². The second-order valence-corrected chi connectivity index (χ2v) is 13.0. The van der Waals surface area contributed by atoms with Crippen LogP contribution >= 0.6 is 0 Å². The number of allylic oxidation sites excluding steroid dienone is 1. The second-order valence-electron chi connectivity index (χ2n) is 13.0. The molecule has 0 aromatic heterocycles. The zero-order chi connectivity index (χ0) is 32.3. The molecule has 3 saturated carbocycles. The summed E-state index contributed by atoms with van der Waals surface area (Å²) in [5.74, 6) is -0.576. The maximum Gasteiger partial charge on any atom is 0.159 e. The van der Waals surface area contributed by atoms with Crippen LogP contribution in [-0.4, -0.2) is 44.5 Å². The quantitative estimate of drug-likeness (QED) is 0.0708. The topological polar surface area (TPSA) is 290 Å². The minimum Gasteiger partial charge on any atom is -0.295 e. The first kappa shape index (κ1) is 33.5. The van der Waals surface area contributed by atoms with E-state index in [2.05, 4.69) is 55.3 Å². The Morgan fingerprint density at radius 3 is 2.11 bits per heavy atom. The van der Waals surface area contributed by atoms with E-state index in [9.17, 15) is 26.3 Å². The molecule has 0 N–H and O–H groups in total. The van der Waals surface area contributed by atoms with Crippen molar-refractivity contribution < 1.29 is 4.79 Å². The van der Waals surface area contributed by atoms with Gasteiger partial charge in [-0.1, -0.05) is 55.6 Å². The number of hydrogen-bond acceptors (Lipinski definition) is 8. The van der Waals surface area contributed by atoms with E-state index in [0.717, 1.165) is 24.8 Å². The number of carbonyl (C=O) groups is 1. The van der Waals surface area contributed by atoms with Crippen LogP contribution in [-0.2, 0) is 4.79 Å². The molecular weight excluding hydrogens is 580 g/mol. The lowest BCUT2D eigenvalue weighted by molar-refractivity contribution is -0.135. The van der Waals surface area contributed by atoms with Crippen molar-refractivity contribution in [2.24, 2.45) is 77.1 Å². The summed E-state index contributed by atoms with van der Waals surface area (Å²) in [7, 11) is 0. The number of azide groups is 5. The first-order chi connectivity index (χ1) is 21.9. The Hall–Kier alpha value is -4.44. The summed E-state index contributed by atoms with van der Waals surface area (Å²) < 4.78 is 0. The molecule has 0 amide bonds. The van der Waals surface area contributed by atoms with Gasteiger partial charge in [-0.3, -0.25) is 4.79 Å². The molecule has 0 bridgehead atoms. The predicted molar refractivity (Wildman–Crippen MR) is 165 cm³/mol. The van der Waals surface area contributed by atoms with Crippen molar-refractivity contribution in [3.8, 4) is 0 Å². The van der Waals surface area contributed by atoms with E-state index in [1.807, 2.05) is 0 Å². The summed E-state index contributed by atoms with van der Waals surface area (Å²) in [5.41, 5.74) is 45.3. The highest BCUT2D eigenvalue weighted by atomic mass is 16.3. The average molecular weight is 619 g/mol. The summed E-state index contributed by atoms with van der Waals surface area (Å²) in [6, 6.07) is -0.400. The highest BCUT2D eigenvalue weighted by molar-refractivity contribution is 5.94. The fraction of sp³-hybridized carbons (Fsp3) is 0.889. The van der Waals surface area contributed by atoms with Crippen LogP contribution < -0.4 is 0 Å². The van der Waals surface area contributed by atoms with Gasteiger partial charge in [-0.15, -0.1) is 0 Å². The molecule has 0 heterocycles. The minimum atomic E-state index is -0.508. The standard InChI is InChI=1S/C27H38N16O2/c28-39-33-12-17(13-34-40-29)2-1-3-18(14-35-41-30)21-4-5-22-25-23(7-9-27(21,22)16-37-43-32)26(15-36-42-31)8-6-20(38-45)10-19(26)11-24(25)44/h11,17-18,20-23,25H,1-10,12-16H2/t18?,20-,21?,22?,23?,25-,26+,27-/m0/s1. The van der Waals surface area contributed by atoms with Gasteiger partial charge >= 0.3 is 0 Å². The largest absolute Gasteiger partial charge is 0.295 e. The van der Waals surface area contributed by atoms with E-state index < -0.39 is 16.9 Å².